The van der Waals surface area contributed by atoms with Crippen LogP contribution < -0.4 is 21.2 Å². The molecule has 0 unspecified atom stereocenters. The maximum Gasteiger partial charge on any atom is -0.0281 e. The van der Waals surface area contributed by atoms with Crippen molar-refractivity contribution in [3.63, 3.8) is 0 Å². The Labute approximate surface area is 281 Å². The van der Waals surface area contributed by atoms with Crippen molar-refractivity contribution < 1.29 is 27.8 Å². The normalized spacial score (nSPS) is 13.5. The van der Waals surface area contributed by atoms with Crippen molar-refractivity contribution >= 4 is 85.9 Å². The molecule has 6 rings (SSSR count). The van der Waals surface area contributed by atoms with Crippen LogP contribution in [-0.4, -0.2) is 10.6 Å². The quantitative estimate of drug-likeness (QED) is 0.0851. The smallest absolute Gasteiger partial charge is 0.0281 e. The average Bonchev–Trinajstić information content (AvgIpc) is 3.72. The second-order valence-electron chi connectivity index (χ2n) is 8.61. The molecular weight excluding hydrogens is 886 g/mol. The van der Waals surface area contributed by atoms with Gasteiger partial charge in [0.05, 0.1) is 0 Å². The number of rotatable bonds is 4. The van der Waals surface area contributed by atoms with Gasteiger partial charge in [-0.25, -0.2) is 0 Å². The first-order chi connectivity index (χ1) is 19.3. The summed E-state index contributed by atoms with van der Waals surface area (Å²) in [6, 6.07) is 43.3. The van der Waals surface area contributed by atoms with Gasteiger partial charge >= 0.3 is 49.8 Å². The van der Waals surface area contributed by atoms with Gasteiger partial charge in [0.1, 0.15) is 0 Å². The van der Waals surface area contributed by atoms with Crippen LogP contribution in [0.2, 0.25) is 0 Å². The van der Waals surface area contributed by atoms with E-state index < -0.39 is 15.1 Å². The number of allylic oxidation sites excluding steroid dienone is 4. The van der Waals surface area contributed by atoms with Gasteiger partial charge in [0.15, 0.2) is 0 Å². The molecule has 0 saturated heterocycles. The zero-order valence-electron chi connectivity index (χ0n) is 21.6. The van der Waals surface area contributed by atoms with E-state index in [9.17, 15) is 0 Å². The molecule has 212 valence electrons. The van der Waals surface area contributed by atoms with Gasteiger partial charge in [0, 0.05) is 17.1 Å². The molecule has 0 spiro atoms. The van der Waals surface area contributed by atoms with Crippen LogP contribution in [0.1, 0.15) is 0 Å². The van der Waals surface area contributed by atoms with E-state index in [0.29, 0.717) is 0 Å². The molecule has 2 aliphatic carbocycles. The van der Waals surface area contributed by atoms with Crippen LogP contribution in [0.3, 0.4) is 0 Å². The van der Waals surface area contributed by atoms with Gasteiger partial charge in [-0.2, -0.15) is 0 Å². The van der Waals surface area contributed by atoms with Gasteiger partial charge in [0.25, 0.3) is 0 Å². The number of hydrogen-bond donors (Lipinski definition) is 0. The Bertz CT molecular complexity index is 1320. The monoisotopic (exact) mass is 916 g/mol. The molecule has 0 radical (unpaired) electrons. The third kappa shape index (κ3) is 10.4. The first-order valence-corrected chi connectivity index (χ1v) is 24.8. The van der Waals surface area contributed by atoms with Crippen LogP contribution in [0.15, 0.2) is 146 Å². The first kappa shape index (κ1) is 34.1. The van der Waals surface area contributed by atoms with Crippen LogP contribution >= 0.6 is 54.1 Å². The maximum absolute atomic E-state index is 2.33. The molecule has 0 bridgehead atoms. The molecule has 0 atom stereocenters. The van der Waals surface area contributed by atoms with Crippen molar-refractivity contribution in [2.24, 2.45) is 0 Å². The molecule has 1 fully saturated rings. The predicted octanol–water partition coefficient (Wildman–Crippen LogP) is 7.77. The Morgan fingerprint density at radius 3 is 1.10 bits per heavy atom. The van der Waals surface area contributed by atoms with E-state index in [1.807, 2.05) is 0 Å². The topological polar surface area (TPSA) is 0 Å². The fourth-order valence-electron chi connectivity index (χ4n) is 4.50. The second kappa shape index (κ2) is 19.7. The number of halogens is 2. The molecule has 4 aromatic carbocycles. The molecular formula is C34H30FeI2P2Pd-4. The van der Waals surface area contributed by atoms with E-state index in [4.69, 9.17) is 0 Å². The van der Waals surface area contributed by atoms with Crippen molar-refractivity contribution in [1.82, 2.24) is 0 Å². The third-order valence-electron chi connectivity index (χ3n) is 6.15. The van der Waals surface area contributed by atoms with Crippen LogP contribution in [0, 0.1) is 25.7 Å². The Morgan fingerprint density at radius 1 is 0.475 bits per heavy atom. The third-order valence-corrected chi connectivity index (χ3v) is 11.6. The summed E-state index contributed by atoms with van der Waals surface area (Å²) in [7, 11) is -0.779. The van der Waals surface area contributed by atoms with E-state index in [0.717, 1.165) is 10.8 Å². The predicted molar refractivity (Wildman–Crippen MR) is 194 cm³/mol. The summed E-state index contributed by atoms with van der Waals surface area (Å²) < 4.78 is 0. The molecule has 40 heavy (non-hydrogen) atoms. The molecule has 0 heterocycles. The van der Waals surface area contributed by atoms with Crippen molar-refractivity contribution in [3.05, 3.63) is 171 Å². The van der Waals surface area contributed by atoms with Crippen LogP contribution in [0.5, 0.6) is 0 Å². The molecule has 0 amide bonds. The van der Waals surface area contributed by atoms with E-state index in [-0.39, 0.29) is 17.1 Å². The van der Waals surface area contributed by atoms with E-state index in [1.54, 1.807) is 0 Å². The van der Waals surface area contributed by atoms with Crippen molar-refractivity contribution in [3.8, 4) is 0 Å². The zero-order chi connectivity index (χ0) is 27.1. The minimum Gasteiger partial charge on any atom is -0.694 e. The van der Waals surface area contributed by atoms with Gasteiger partial charge in [-0.3, -0.25) is 0 Å². The average molecular weight is 917 g/mol. The van der Waals surface area contributed by atoms with Crippen molar-refractivity contribution in [1.29, 1.82) is 0 Å². The van der Waals surface area contributed by atoms with Crippen LogP contribution in [-0.2, 0) is 27.8 Å². The summed E-state index contributed by atoms with van der Waals surface area (Å²) >= 11 is 4.65. The van der Waals surface area contributed by atoms with Gasteiger partial charge < -0.3 is 31.0 Å². The van der Waals surface area contributed by atoms with E-state index in [1.165, 1.54) is 31.8 Å². The van der Waals surface area contributed by atoms with Gasteiger partial charge in [-0.15, -0.1) is 7.55 Å². The van der Waals surface area contributed by atoms with Crippen molar-refractivity contribution in [2.45, 2.75) is 0 Å². The number of hydrogen-bond acceptors (Lipinski definition) is 0. The Balaban J connectivity index is 0.000000197. The van der Waals surface area contributed by atoms with Crippen molar-refractivity contribution in [2.75, 3.05) is 0 Å². The minimum absolute atomic E-state index is 0. The van der Waals surface area contributed by atoms with Crippen LogP contribution in [0.4, 0.5) is 0 Å². The van der Waals surface area contributed by atoms with E-state index in [2.05, 4.69) is 210 Å². The fourth-order valence-corrected chi connectivity index (χ4v) is 9.66. The Morgan fingerprint density at radius 2 is 0.775 bits per heavy atom. The molecule has 1 saturated carbocycles. The molecule has 0 nitrogen and oxygen atoms in total. The second-order valence-corrected chi connectivity index (χ2v) is 25.6. The van der Waals surface area contributed by atoms with Gasteiger partial charge in [0.2, 0.25) is 0 Å². The Kier molecular flexibility index (Phi) is 16.8. The fraction of sp³-hybridized carbons (Fsp3) is 0. The van der Waals surface area contributed by atoms with Gasteiger partial charge in [-0.1, -0.05) is 153 Å². The standard InChI is InChI=1S/2C17H15P.Fe.2HI.Pd/c2*1-3-9-15(10-4-1)18(17-13-7-8-14-17)16-11-5-2-6-12-16;;;;/h2*1-14,18H;;2*1H;/q;-4;;;;+2/p-2. The molecule has 2 aliphatic rings. The maximum atomic E-state index is 2.33. The van der Waals surface area contributed by atoms with E-state index >= 15 is 0 Å². The zero-order valence-corrected chi connectivity index (χ0v) is 30.6. The number of benzene rings is 4. The summed E-state index contributed by atoms with van der Waals surface area (Å²) in [5, 5.41) is 8.69. The molecule has 4 aromatic rings. The summed E-state index contributed by atoms with van der Waals surface area (Å²) in [5.41, 5.74) is 0. The molecule has 0 aliphatic heterocycles. The molecule has 6 heteroatoms. The summed E-state index contributed by atoms with van der Waals surface area (Å²) in [6.45, 7) is 0. The summed E-state index contributed by atoms with van der Waals surface area (Å²) in [4.78, 5) is 0. The SMILES string of the molecule is C1=CC(=[PH](c2ccccc2)c2ccccc2)C=C1.[Fe].[I][Pd][I].c1ccc([PH](=C2[CH-][CH-][CH-][CH-]2)c2ccccc2)cc1. The summed E-state index contributed by atoms with van der Waals surface area (Å²) in [5.74, 6) is 0. The Hall–Kier alpha value is -0.398. The minimum atomic E-state index is -0.834. The molecule has 0 N–H and O–H groups in total. The van der Waals surface area contributed by atoms with Gasteiger partial charge in [-0.05, 0) is 26.5 Å². The molecule has 0 aromatic heterocycles. The first-order valence-electron chi connectivity index (χ1n) is 12.5. The van der Waals surface area contributed by atoms with Crippen LogP contribution in [0.25, 0.3) is 0 Å². The summed E-state index contributed by atoms with van der Waals surface area (Å²) in [6.07, 6.45) is 17.5. The largest absolute Gasteiger partial charge is 0.694 e.